The summed E-state index contributed by atoms with van der Waals surface area (Å²) in [4.78, 5) is 0. The summed E-state index contributed by atoms with van der Waals surface area (Å²) in [5.74, 6) is -0.337. The average molecular weight is 294 g/mol. The lowest BCUT2D eigenvalue weighted by molar-refractivity contribution is -0.174. The quantitative estimate of drug-likeness (QED) is 0.911. The smallest absolute Gasteiger partial charge is 0.129 e. The number of hydrogen-bond donors (Lipinski definition) is 1. The summed E-state index contributed by atoms with van der Waals surface area (Å²) in [5, 5.41) is 11.0. The average Bonchev–Trinajstić information content (AvgIpc) is 2.48. The number of ether oxygens (including phenoxy) is 2. The second-order valence-electron chi connectivity index (χ2n) is 6.46. The van der Waals surface area contributed by atoms with E-state index in [4.69, 9.17) is 9.47 Å². The molecular formula is C17H23FO3. The van der Waals surface area contributed by atoms with Gasteiger partial charge in [-0.05, 0) is 44.6 Å². The Morgan fingerprint density at radius 1 is 1.24 bits per heavy atom. The minimum Gasteiger partial charge on any atom is -0.385 e. The number of benzene rings is 1. The lowest BCUT2D eigenvalue weighted by Crippen LogP contribution is -2.49. The molecule has 0 aliphatic carbocycles. The molecule has 2 unspecified atom stereocenters. The molecule has 1 N–H and O–H groups in total. The molecule has 1 aromatic carbocycles. The Morgan fingerprint density at radius 3 is 2.67 bits per heavy atom. The van der Waals surface area contributed by atoms with Crippen LogP contribution in [0.15, 0.2) is 24.3 Å². The van der Waals surface area contributed by atoms with Crippen LogP contribution in [0.1, 0.15) is 38.2 Å². The van der Waals surface area contributed by atoms with E-state index in [9.17, 15) is 9.50 Å². The molecule has 2 aliphatic heterocycles. The van der Waals surface area contributed by atoms with Crippen LogP contribution in [0.3, 0.4) is 0 Å². The van der Waals surface area contributed by atoms with Gasteiger partial charge in [-0.25, -0.2) is 4.39 Å². The lowest BCUT2D eigenvalue weighted by Gasteiger charge is -2.47. The maximum Gasteiger partial charge on any atom is 0.129 e. The monoisotopic (exact) mass is 294 g/mol. The van der Waals surface area contributed by atoms with Crippen molar-refractivity contribution in [3.63, 3.8) is 0 Å². The summed E-state index contributed by atoms with van der Waals surface area (Å²) in [7, 11) is 0. The van der Waals surface area contributed by atoms with Crippen LogP contribution in [0, 0.1) is 11.7 Å². The van der Waals surface area contributed by atoms with E-state index >= 15 is 0 Å². The Hall–Kier alpha value is -0.970. The van der Waals surface area contributed by atoms with Crippen LogP contribution in [0.25, 0.3) is 0 Å². The molecule has 116 valence electrons. The zero-order valence-electron chi connectivity index (χ0n) is 12.5. The van der Waals surface area contributed by atoms with Gasteiger partial charge in [0.1, 0.15) is 5.82 Å². The number of aliphatic hydroxyl groups is 1. The van der Waals surface area contributed by atoms with Gasteiger partial charge in [-0.15, -0.1) is 0 Å². The molecule has 4 heteroatoms. The molecule has 3 rings (SSSR count). The molecule has 2 saturated heterocycles. The molecule has 1 spiro atoms. The molecule has 2 atom stereocenters. The van der Waals surface area contributed by atoms with Crippen molar-refractivity contribution in [3.05, 3.63) is 35.6 Å². The molecule has 0 radical (unpaired) electrons. The molecule has 0 bridgehead atoms. The maximum atomic E-state index is 14.1. The van der Waals surface area contributed by atoms with Gasteiger partial charge in [0.05, 0.1) is 11.2 Å². The van der Waals surface area contributed by atoms with Crippen molar-refractivity contribution in [2.75, 3.05) is 19.8 Å². The largest absolute Gasteiger partial charge is 0.385 e. The zero-order chi connectivity index (χ0) is 14.9. The Balaban J connectivity index is 1.83. The van der Waals surface area contributed by atoms with E-state index in [-0.39, 0.29) is 17.3 Å². The molecule has 3 nitrogen and oxygen atoms in total. The van der Waals surface area contributed by atoms with Gasteiger partial charge in [-0.3, -0.25) is 0 Å². The fraction of sp³-hybridized carbons (Fsp3) is 0.647. The fourth-order valence-electron chi connectivity index (χ4n) is 3.69. The second-order valence-corrected chi connectivity index (χ2v) is 6.46. The van der Waals surface area contributed by atoms with Gasteiger partial charge < -0.3 is 14.6 Å². The fourth-order valence-corrected chi connectivity index (χ4v) is 3.69. The Morgan fingerprint density at radius 2 is 1.95 bits per heavy atom. The van der Waals surface area contributed by atoms with Gasteiger partial charge in [0.15, 0.2) is 0 Å². The van der Waals surface area contributed by atoms with Crippen molar-refractivity contribution >= 4 is 0 Å². The van der Waals surface area contributed by atoms with Crippen molar-refractivity contribution in [2.24, 2.45) is 5.92 Å². The standard InChI is InChI=1S/C17H23FO3/c1-16(19,14-4-2-3-5-15(14)18)13-6-9-21-17(12-13)7-10-20-11-8-17/h2-5,13,19H,6-12H2,1H3. The van der Waals surface area contributed by atoms with Crippen LogP contribution in [0.2, 0.25) is 0 Å². The van der Waals surface area contributed by atoms with Crippen LogP contribution in [-0.4, -0.2) is 30.5 Å². The Labute approximate surface area is 125 Å². The summed E-state index contributed by atoms with van der Waals surface area (Å²) < 4.78 is 25.5. The Kier molecular flexibility index (Phi) is 4.04. The molecule has 2 aliphatic rings. The summed E-state index contributed by atoms with van der Waals surface area (Å²) in [6, 6.07) is 6.52. The topological polar surface area (TPSA) is 38.7 Å². The first-order valence-corrected chi connectivity index (χ1v) is 7.73. The predicted octanol–water partition coefficient (Wildman–Crippen LogP) is 3.01. The minimum atomic E-state index is -1.17. The van der Waals surface area contributed by atoms with E-state index < -0.39 is 5.60 Å². The second kappa shape index (κ2) is 5.67. The molecule has 0 amide bonds. The highest BCUT2D eigenvalue weighted by atomic mass is 19.1. The number of rotatable bonds is 2. The first-order valence-electron chi connectivity index (χ1n) is 7.73. The third kappa shape index (κ3) is 2.85. The molecule has 2 heterocycles. The van der Waals surface area contributed by atoms with Crippen molar-refractivity contribution in [2.45, 2.75) is 43.8 Å². The van der Waals surface area contributed by atoms with E-state index in [1.807, 2.05) is 0 Å². The van der Waals surface area contributed by atoms with Crippen LogP contribution in [0.5, 0.6) is 0 Å². The summed E-state index contributed by atoms with van der Waals surface area (Å²) >= 11 is 0. The summed E-state index contributed by atoms with van der Waals surface area (Å²) in [6.07, 6.45) is 3.23. The molecular weight excluding hydrogens is 271 g/mol. The third-order valence-electron chi connectivity index (χ3n) is 5.11. The molecule has 0 saturated carbocycles. The van der Waals surface area contributed by atoms with Gasteiger partial charge in [0.2, 0.25) is 0 Å². The van der Waals surface area contributed by atoms with Gasteiger partial charge in [0.25, 0.3) is 0 Å². The molecule has 2 fully saturated rings. The van der Waals surface area contributed by atoms with E-state index in [1.165, 1.54) is 6.07 Å². The summed E-state index contributed by atoms with van der Waals surface area (Å²) in [6.45, 7) is 3.76. The molecule has 1 aromatic rings. The highest BCUT2D eigenvalue weighted by Gasteiger charge is 2.46. The number of hydrogen-bond acceptors (Lipinski definition) is 3. The van der Waals surface area contributed by atoms with E-state index in [0.717, 1.165) is 25.7 Å². The van der Waals surface area contributed by atoms with Crippen molar-refractivity contribution < 1.29 is 19.0 Å². The van der Waals surface area contributed by atoms with Gasteiger partial charge in [-0.2, -0.15) is 0 Å². The minimum absolute atomic E-state index is 0.00116. The van der Waals surface area contributed by atoms with Crippen molar-refractivity contribution in [1.82, 2.24) is 0 Å². The molecule has 0 aromatic heterocycles. The van der Waals surface area contributed by atoms with Crippen molar-refractivity contribution in [1.29, 1.82) is 0 Å². The van der Waals surface area contributed by atoms with E-state index in [0.29, 0.717) is 25.4 Å². The third-order valence-corrected chi connectivity index (χ3v) is 5.11. The maximum absolute atomic E-state index is 14.1. The SMILES string of the molecule is CC(O)(c1ccccc1F)C1CCOC2(CCOCC2)C1. The van der Waals surface area contributed by atoms with Crippen LogP contribution >= 0.6 is 0 Å². The lowest BCUT2D eigenvalue weighted by atomic mass is 9.71. The van der Waals surface area contributed by atoms with Crippen molar-refractivity contribution in [3.8, 4) is 0 Å². The van der Waals surface area contributed by atoms with Gasteiger partial charge in [-0.1, -0.05) is 18.2 Å². The van der Waals surface area contributed by atoms with Gasteiger partial charge in [0, 0.05) is 25.4 Å². The molecule has 21 heavy (non-hydrogen) atoms. The van der Waals surface area contributed by atoms with Gasteiger partial charge >= 0.3 is 0 Å². The normalized spacial score (nSPS) is 28.2. The van der Waals surface area contributed by atoms with Crippen LogP contribution in [-0.2, 0) is 15.1 Å². The number of halogens is 1. The van der Waals surface area contributed by atoms with E-state index in [2.05, 4.69) is 0 Å². The van der Waals surface area contributed by atoms with E-state index in [1.54, 1.807) is 25.1 Å². The van der Waals surface area contributed by atoms with Crippen LogP contribution in [0.4, 0.5) is 4.39 Å². The predicted molar refractivity (Wildman–Crippen MR) is 77.4 cm³/mol. The Bertz CT molecular complexity index is 489. The highest BCUT2D eigenvalue weighted by Crippen LogP contribution is 2.44. The zero-order valence-corrected chi connectivity index (χ0v) is 12.5. The highest BCUT2D eigenvalue weighted by molar-refractivity contribution is 5.25. The summed E-state index contributed by atoms with van der Waals surface area (Å²) in [5.41, 5.74) is -0.976. The first-order chi connectivity index (χ1) is 10.0. The van der Waals surface area contributed by atoms with Crippen LogP contribution < -0.4 is 0 Å². The first kappa shape index (κ1) is 14.9.